The van der Waals surface area contributed by atoms with Crippen molar-refractivity contribution in [2.24, 2.45) is 0 Å². The van der Waals surface area contributed by atoms with E-state index in [0.717, 1.165) is 0 Å². The second kappa shape index (κ2) is 8.67. The fraction of sp³-hybridized carbons (Fsp3) is 0. The maximum atomic E-state index is 9.60. The quantitative estimate of drug-likeness (QED) is 0.316. The zero-order chi connectivity index (χ0) is 6.95. The van der Waals surface area contributed by atoms with Crippen molar-refractivity contribution in [3.8, 4) is 0 Å². The van der Waals surface area contributed by atoms with Crippen LogP contribution in [0.2, 0.25) is 0 Å². The molecular formula is O5Si4-2. The number of hydrogen-bond donors (Lipinski definition) is 0. The highest BCUT2D eigenvalue weighted by molar-refractivity contribution is 6.43. The van der Waals surface area contributed by atoms with Gasteiger partial charge < -0.3 is 21.9 Å². The van der Waals surface area contributed by atoms with Gasteiger partial charge in [0.05, 0.1) is 20.0 Å². The Morgan fingerprint density at radius 2 is 1.22 bits per heavy atom. The summed E-state index contributed by atoms with van der Waals surface area (Å²) in [5.74, 6) is 0. The molecule has 9 heavy (non-hydrogen) atoms. The van der Waals surface area contributed by atoms with Crippen LogP contribution < -0.4 is 9.59 Å². The first kappa shape index (κ1) is 9.67. The Bertz CT molecular complexity index is 42.2. The fourth-order valence-electron chi connectivity index (χ4n) is 0.0927. The molecule has 5 nitrogen and oxygen atoms in total. The first-order valence-electron chi connectivity index (χ1n) is 1.63. The smallest absolute Gasteiger partial charge is 0.410 e. The predicted molar refractivity (Wildman–Crippen MR) is 26.3 cm³/mol. The summed E-state index contributed by atoms with van der Waals surface area (Å²) in [6.07, 6.45) is 0. The highest BCUT2D eigenvalue weighted by atomic mass is 28.4. The van der Waals surface area contributed by atoms with Crippen LogP contribution in [-0.2, 0) is 12.3 Å². The maximum absolute atomic E-state index is 9.60. The molecule has 0 aliphatic rings. The molecule has 0 aliphatic heterocycles. The Morgan fingerprint density at radius 1 is 0.778 bits per heavy atom. The van der Waals surface area contributed by atoms with Crippen molar-refractivity contribution < 1.29 is 21.9 Å². The standard InChI is InChI=1S/O5Si4/c1-6-3-8-5-9-4-7-2/q-2. The lowest BCUT2D eigenvalue weighted by Gasteiger charge is -2.04. The Labute approximate surface area is 62.6 Å². The van der Waals surface area contributed by atoms with E-state index in [1.807, 2.05) is 0 Å². The van der Waals surface area contributed by atoms with E-state index in [2.05, 4.69) is 12.3 Å². The zero-order valence-electron chi connectivity index (χ0n) is 4.04. The Morgan fingerprint density at radius 3 is 1.56 bits per heavy atom. The summed E-state index contributed by atoms with van der Waals surface area (Å²) in [6, 6.07) is 0. The maximum Gasteiger partial charge on any atom is 0.410 e. The van der Waals surface area contributed by atoms with Gasteiger partial charge in [-0.25, -0.2) is 0 Å². The monoisotopic (exact) mass is 192 g/mol. The minimum atomic E-state index is -0.820. The van der Waals surface area contributed by atoms with E-state index in [4.69, 9.17) is 0 Å². The lowest BCUT2D eigenvalue weighted by molar-refractivity contribution is -0.198. The molecule has 0 saturated carbocycles. The molecule has 0 rings (SSSR count). The summed E-state index contributed by atoms with van der Waals surface area (Å²) in [4.78, 5) is 19.2. The molecule has 0 unspecified atom stereocenters. The molecule has 0 fully saturated rings. The van der Waals surface area contributed by atoms with Gasteiger partial charge in [-0.05, 0) is 0 Å². The third-order valence-corrected chi connectivity index (χ3v) is 2.25. The molecule has 0 atom stereocenters. The average molecular weight is 192 g/mol. The normalized spacial score (nSPS) is 10.0. The van der Waals surface area contributed by atoms with Gasteiger partial charge in [-0.15, -0.1) is 0 Å². The minimum Gasteiger partial charge on any atom is -0.841 e. The van der Waals surface area contributed by atoms with Crippen LogP contribution in [0.4, 0.5) is 0 Å². The first-order chi connectivity index (χ1) is 4.41. The number of rotatable bonds is 6. The van der Waals surface area contributed by atoms with Crippen LogP contribution in [0.25, 0.3) is 0 Å². The molecule has 0 aromatic heterocycles. The van der Waals surface area contributed by atoms with Gasteiger partial charge in [0, 0.05) is 0 Å². The molecule has 0 spiro atoms. The molecule has 0 aromatic rings. The fourth-order valence-corrected chi connectivity index (χ4v) is 1.58. The Balaban J connectivity index is 2.60. The minimum absolute atomic E-state index is 0.305. The van der Waals surface area contributed by atoms with Crippen LogP contribution in [0.5, 0.6) is 0 Å². The van der Waals surface area contributed by atoms with Crippen molar-refractivity contribution in [3.63, 3.8) is 0 Å². The molecule has 0 bridgehead atoms. The van der Waals surface area contributed by atoms with Gasteiger partial charge in [0.2, 0.25) is 0 Å². The van der Waals surface area contributed by atoms with E-state index >= 15 is 0 Å². The molecular weight excluding hydrogens is 192 g/mol. The SMILES string of the molecule is [O-][Si]O[Si]O[Si]O[Si][O-]. The number of hydrogen-bond acceptors (Lipinski definition) is 5. The van der Waals surface area contributed by atoms with Crippen LogP contribution in [0.1, 0.15) is 0 Å². The van der Waals surface area contributed by atoms with E-state index in [9.17, 15) is 9.59 Å². The summed E-state index contributed by atoms with van der Waals surface area (Å²) >= 11 is 0. The lowest BCUT2D eigenvalue weighted by Crippen LogP contribution is -2.24. The highest BCUT2D eigenvalue weighted by Crippen LogP contribution is 1.66. The lowest BCUT2D eigenvalue weighted by atomic mass is 15.7. The van der Waals surface area contributed by atoms with Crippen molar-refractivity contribution in [2.75, 3.05) is 0 Å². The second-order valence-corrected chi connectivity index (χ2v) is 3.76. The van der Waals surface area contributed by atoms with Crippen LogP contribution in [-0.4, -0.2) is 40.0 Å². The van der Waals surface area contributed by atoms with E-state index in [0.29, 0.717) is 0 Å². The van der Waals surface area contributed by atoms with E-state index in [1.165, 1.54) is 0 Å². The van der Waals surface area contributed by atoms with Gasteiger partial charge in [0.1, 0.15) is 0 Å². The third kappa shape index (κ3) is 8.67. The predicted octanol–water partition coefficient (Wildman–Crippen LogP) is -4.11. The second-order valence-electron chi connectivity index (χ2n) is 0.640. The molecule has 9 heteroatoms. The summed E-state index contributed by atoms with van der Waals surface area (Å²) in [5.41, 5.74) is 0. The van der Waals surface area contributed by atoms with E-state index < -0.39 is 20.0 Å². The summed E-state index contributed by atoms with van der Waals surface area (Å²) in [7, 11) is -2.25. The average Bonchev–Trinajstić information content (AvgIpc) is 1.89. The van der Waals surface area contributed by atoms with Gasteiger partial charge in [0.25, 0.3) is 0 Å². The molecule has 0 heterocycles. The van der Waals surface area contributed by atoms with Gasteiger partial charge in [-0.1, -0.05) is 0 Å². The molecule has 8 radical (unpaired) electrons. The topological polar surface area (TPSA) is 73.8 Å². The summed E-state index contributed by atoms with van der Waals surface area (Å²) < 4.78 is 13.1. The van der Waals surface area contributed by atoms with Crippen LogP contribution in [0.15, 0.2) is 0 Å². The molecule has 0 amide bonds. The van der Waals surface area contributed by atoms with Crippen LogP contribution in [0, 0.1) is 0 Å². The van der Waals surface area contributed by atoms with Crippen molar-refractivity contribution >= 4 is 40.0 Å². The molecule has 0 N–H and O–H groups in total. The van der Waals surface area contributed by atoms with Crippen molar-refractivity contribution in [3.05, 3.63) is 0 Å². The molecule has 48 valence electrons. The third-order valence-electron chi connectivity index (χ3n) is 0.250. The van der Waals surface area contributed by atoms with Crippen molar-refractivity contribution in [2.45, 2.75) is 0 Å². The van der Waals surface area contributed by atoms with Gasteiger partial charge in [0.15, 0.2) is 0 Å². The molecule has 0 aromatic carbocycles. The van der Waals surface area contributed by atoms with Gasteiger partial charge in [-0.3, -0.25) is 0 Å². The Hall–Kier alpha value is 0.668. The highest BCUT2D eigenvalue weighted by Gasteiger charge is 1.89. The summed E-state index contributed by atoms with van der Waals surface area (Å²) in [5, 5.41) is 0. The van der Waals surface area contributed by atoms with Crippen molar-refractivity contribution in [1.29, 1.82) is 0 Å². The van der Waals surface area contributed by atoms with Crippen molar-refractivity contribution in [1.82, 2.24) is 0 Å². The van der Waals surface area contributed by atoms with Gasteiger partial charge >= 0.3 is 20.0 Å². The van der Waals surface area contributed by atoms with E-state index in [-0.39, 0.29) is 20.0 Å². The summed E-state index contributed by atoms with van der Waals surface area (Å²) in [6.45, 7) is 0. The van der Waals surface area contributed by atoms with Gasteiger partial charge in [-0.2, -0.15) is 0 Å². The van der Waals surface area contributed by atoms with E-state index in [1.54, 1.807) is 0 Å². The zero-order valence-corrected chi connectivity index (χ0v) is 8.04. The largest absolute Gasteiger partial charge is 0.841 e. The van der Waals surface area contributed by atoms with Crippen LogP contribution in [0.3, 0.4) is 0 Å². The molecule has 0 aliphatic carbocycles. The Kier molecular flexibility index (Phi) is 9.31. The molecule has 0 saturated heterocycles. The first-order valence-corrected chi connectivity index (χ1v) is 4.90. The van der Waals surface area contributed by atoms with Crippen LogP contribution >= 0.6 is 0 Å².